The van der Waals surface area contributed by atoms with Gasteiger partial charge in [-0.2, -0.15) is 0 Å². The Bertz CT molecular complexity index is 777. The number of aromatic nitrogens is 1. The summed E-state index contributed by atoms with van der Waals surface area (Å²) in [5.41, 5.74) is 0.788. The van der Waals surface area contributed by atoms with E-state index in [0.717, 1.165) is 18.2 Å². The van der Waals surface area contributed by atoms with E-state index in [4.69, 9.17) is 5.11 Å². The summed E-state index contributed by atoms with van der Waals surface area (Å²) in [6.45, 7) is 1.71. The molecule has 8 heteroatoms. The zero-order valence-electron chi connectivity index (χ0n) is 14.8. The summed E-state index contributed by atoms with van der Waals surface area (Å²) in [6, 6.07) is 5.23. The molecule has 144 valence electrons. The average molecular weight is 377 g/mol. The minimum Gasteiger partial charge on any atom is -0.392 e. The molecule has 0 fully saturated rings. The van der Waals surface area contributed by atoms with E-state index in [9.17, 15) is 18.4 Å². The Labute approximate surface area is 155 Å². The lowest BCUT2D eigenvalue weighted by molar-refractivity contribution is -0.126. The van der Waals surface area contributed by atoms with E-state index in [2.05, 4.69) is 15.6 Å². The molecule has 0 radical (unpaired) electrons. The van der Waals surface area contributed by atoms with Crippen LogP contribution in [0.25, 0.3) is 0 Å². The van der Waals surface area contributed by atoms with Crippen molar-refractivity contribution in [1.29, 1.82) is 0 Å². The molecule has 0 spiro atoms. The summed E-state index contributed by atoms with van der Waals surface area (Å²) in [5, 5.41) is 14.2. The lowest BCUT2D eigenvalue weighted by atomic mass is 10.1. The number of amides is 2. The maximum atomic E-state index is 13.2. The number of benzene rings is 1. The number of rotatable bonds is 8. The zero-order chi connectivity index (χ0) is 19.8. The van der Waals surface area contributed by atoms with Crippen molar-refractivity contribution in [2.45, 2.75) is 38.8 Å². The summed E-state index contributed by atoms with van der Waals surface area (Å²) in [4.78, 5) is 28.6. The van der Waals surface area contributed by atoms with Gasteiger partial charge in [0.2, 0.25) is 11.8 Å². The fourth-order valence-corrected chi connectivity index (χ4v) is 2.51. The number of nitrogens with zero attached hydrogens (tertiary/aromatic N) is 1. The van der Waals surface area contributed by atoms with Gasteiger partial charge in [0.1, 0.15) is 23.5 Å². The van der Waals surface area contributed by atoms with E-state index in [1.54, 1.807) is 12.1 Å². The van der Waals surface area contributed by atoms with Gasteiger partial charge in [0.25, 0.3) is 0 Å². The first-order valence-electron chi connectivity index (χ1n) is 8.52. The predicted octanol–water partition coefficient (Wildman–Crippen LogP) is 2.32. The van der Waals surface area contributed by atoms with Crippen molar-refractivity contribution in [2.75, 3.05) is 5.32 Å². The summed E-state index contributed by atoms with van der Waals surface area (Å²) < 4.78 is 26.5. The van der Waals surface area contributed by atoms with Crippen molar-refractivity contribution in [2.24, 2.45) is 0 Å². The third-order valence-electron chi connectivity index (χ3n) is 3.77. The number of aliphatic hydroxyl groups excluding tert-OH is 1. The molecule has 27 heavy (non-hydrogen) atoms. The minimum absolute atomic E-state index is 0.156. The molecule has 2 rings (SSSR count). The van der Waals surface area contributed by atoms with Crippen LogP contribution in [0, 0.1) is 11.6 Å². The largest absolute Gasteiger partial charge is 0.392 e. The van der Waals surface area contributed by atoms with Gasteiger partial charge in [-0.15, -0.1) is 0 Å². The third kappa shape index (κ3) is 6.41. The minimum atomic E-state index is -0.805. The van der Waals surface area contributed by atoms with Crippen LogP contribution in [0.3, 0.4) is 0 Å². The van der Waals surface area contributed by atoms with E-state index in [0.29, 0.717) is 24.2 Å². The van der Waals surface area contributed by atoms with E-state index >= 15 is 0 Å². The Hall–Kier alpha value is -2.87. The molecule has 0 saturated carbocycles. The maximum Gasteiger partial charge on any atom is 0.248 e. The van der Waals surface area contributed by atoms with Crippen LogP contribution in [0.4, 0.5) is 14.6 Å². The number of hydrogen-bond donors (Lipinski definition) is 3. The number of nitrogens with one attached hydrogen (secondary N) is 2. The van der Waals surface area contributed by atoms with Crippen molar-refractivity contribution < 1.29 is 23.5 Å². The Balaban J connectivity index is 1.99. The smallest absolute Gasteiger partial charge is 0.248 e. The number of hydrogen-bond acceptors (Lipinski definition) is 4. The van der Waals surface area contributed by atoms with E-state index in [1.807, 2.05) is 6.92 Å². The fraction of sp³-hybridized carbons (Fsp3) is 0.316. The molecule has 3 N–H and O–H groups in total. The quantitative estimate of drug-likeness (QED) is 0.658. The summed E-state index contributed by atoms with van der Waals surface area (Å²) in [7, 11) is 0. The van der Waals surface area contributed by atoms with E-state index in [-0.39, 0.29) is 18.6 Å². The van der Waals surface area contributed by atoms with Gasteiger partial charge in [0.05, 0.1) is 13.0 Å². The Kier molecular flexibility index (Phi) is 7.36. The fourth-order valence-electron chi connectivity index (χ4n) is 2.51. The molecule has 2 aromatic rings. The normalized spacial score (nSPS) is 11.7. The van der Waals surface area contributed by atoms with Crippen molar-refractivity contribution in [1.82, 2.24) is 10.3 Å². The third-order valence-corrected chi connectivity index (χ3v) is 3.77. The number of halogens is 2. The molecule has 1 unspecified atom stereocenters. The summed E-state index contributed by atoms with van der Waals surface area (Å²) >= 11 is 0. The van der Waals surface area contributed by atoms with Crippen LogP contribution in [-0.4, -0.2) is 27.9 Å². The number of pyridine rings is 1. The van der Waals surface area contributed by atoms with Gasteiger partial charge in [0, 0.05) is 12.3 Å². The monoisotopic (exact) mass is 377 g/mol. The first-order chi connectivity index (χ1) is 12.9. The van der Waals surface area contributed by atoms with Crippen LogP contribution in [0.2, 0.25) is 0 Å². The molecule has 0 bridgehead atoms. The molecular weight excluding hydrogens is 356 g/mol. The first kappa shape index (κ1) is 20.4. The van der Waals surface area contributed by atoms with Gasteiger partial charge in [-0.25, -0.2) is 13.8 Å². The number of carbonyl (C=O) groups is 2. The number of anilines is 1. The number of carbonyl (C=O) groups excluding carboxylic acids is 2. The molecule has 6 nitrogen and oxygen atoms in total. The molecular formula is C19H21F2N3O3. The Morgan fingerprint density at radius 2 is 1.85 bits per heavy atom. The average Bonchev–Trinajstić information content (AvgIpc) is 2.61. The van der Waals surface area contributed by atoms with E-state index < -0.39 is 29.5 Å². The van der Waals surface area contributed by atoms with Gasteiger partial charge in [-0.05, 0) is 35.7 Å². The second-order valence-corrected chi connectivity index (χ2v) is 6.06. The molecule has 0 aliphatic heterocycles. The molecule has 0 saturated heterocycles. The van der Waals surface area contributed by atoms with Crippen molar-refractivity contribution in [3.8, 4) is 0 Å². The van der Waals surface area contributed by atoms with Gasteiger partial charge in [-0.1, -0.05) is 19.4 Å². The topological polar surface area (TPSA) is 91.3 Å². The highest BCUT2D eigenvalue weighted by Crippen LogP contribution is 2.10. The van der Waals surface area contributed by atoms with Gasteiger partial charge >= 0.3 is 0 Å². The van der Waals surface area contributed by atoms with Gasteiger partial charge in [-0.3, -0.25) is 9.59 Å². The van der Waals surface area contributed by atoms with Crippen molar-refractivity contribution in [3.63, 3.8) is 0 Å². The Morgan fingerprint density at radius 3 is 2.41 bits per heavy atom. The lowest BCUT2D eigenvalue weighted by Gasteiger charge is -2.18. The van der Waals surface area contributed by atoms with Crippen LogP contribution >= 0.6 is 0 Å². The molecule has 1 atom stereocenters. The molecule has 1 aromatic carbocycles. The molecule has 1 aromatic heterocycles. The summed E-state index contributed by atoms with van der Waals surface area (Å²) in [6.07, 6.45) is 2.22. The van der Waals surface area contributed by atoms with Crippen LogP contribution in [-0.2, 0) is 22.6 Å². The molecule has 0 aliphatic rings. The van der Waals surface area contributed by atoms with Crippen LogP contribution in [0.15, 0.2) is 36.5 Å². The lowest BCUT2D eigenvalue weighted by Crippen LogP contribution is -2.44. The number of aliphatic hydroxyl groups is 1. The maximum absolute atomic E-state index is 13.2. The van der Waals surface area contributed by atoms with Crippen LogP contribution < -0.4 is 10.6 Å². The molecule has 2 amide bonds. The van der Waals surface area contributed by atoms with E-state index in [1.165, 1.54) is 6.20 Å². The summed E-state index contributed by atoms with van der Waals surface area (Å²) in [5.74, 6) is -2.20. The van der Waals surface area contributed by atoms with Gasteiger partial charge in [0.15, 0.2) is 0 Å². The predicted molar refractivity (Wildman–Crippen MR) is 95.7 cm³/mol. The molecule has 1 heterocycles. The van der Waals surface area contributed by atoms with Crippen molar-refractivity contribution in [3.05, 3.63) is 59.3 Å². The standard InChI is InChI=1S/C19H21F2N3O3/c1-2-3-16(19(27)24-17-5-4-12(11-25)10-22-17)23-18(26)8-13-6-14(20)9-15(21)7-13/h4-7,9-10,16,25H,2-3,8,11H2,1H3,(H,23,26)(H,22,24,27). The van der Waals surface area contributed by atoms with Crippen molar-refractivity contribution >= 4 is 17.6 Å². The SMILES string of the molecule is CCCC(NC(=O)Cc1cc(F)cc(F)c1)C(=O)Nc1ccc(CO)cn1. The van der Waals surface area contributed by atoms with Crippen LogP contribution in [0.1, 0.15) is 30.9 Å². The Morgan fingerprint density at radius 1 is 1.15 bits per heavy atom. The highest BCUT2D eigenvalue weighted by atomic mass is 19.1. The highest BCUT2D eigenvalue weighted by molar-refractivity contribution is 5.96. The molecule has 0 aliphatic carbocycles. The second kappa shape index (κ2) is 9.72. The van der Waals surface area contributed by atoms with Gasteiger partial charge < -0.3 is 15.7 Å². The zero-order valence-corrected chi connectivity index (χ0v) is 14.8. The van der Waals surface area contributed by atoms with Crippen LogP contribution in [0.5, 0.6) is 0 Å². The second-order valence-electron chi connectivity index (χ2n) is 6.06. The first-order valence-corrected chi connectivity index (χ1v) is 8.52. The highest BCUT2D eigenvalue weighted by Gasteiger charge is 2.20.